The number of carbonyl (C=O) groups is 2. The summed E-state index contributed by atoms with van der Waals surface area (Å²) in [6, 6.07) is 5.91. The molecule has 1 heterocycles. The van der Waals surface area contributed by atoms with Gasteiger partial charge >= 0.3 is 5.97 Å². The maximum Gasteiger partial charge on any atom is 0.307 e. The summed E-state index contributed by atoms with van der Waals surface area (Å²) in [6.45, 7) is 2.00. The monoisotopic (exact) mass is 316 g/mol. The maximum absolute atomic E-state index is 12.4. The molecule has 1 aromatic heterocycles. The molecule has 1 amide bonds. The summed E-state index contributed by atoms with van der Waals surface area (Å²) in [4.78, 5) is 28.0. The molecule has 0 bridgehead atoms. The van der Waals surface area contributed by atoms with Crippen LogP contribution < -0.4 is 5.32 Å². The Morgan fingerprint density at radius 2 is 2.00 bits per heavy atom. The van der Waals surface area contributed by atoms with Crippen molar-refractivity contribution in [2.75, 3.05) is 5.32 Å². The lowest BCUT2D eigenvalue weighted by atomic mass is 9.82. The number of fused-ring (bicyclic) bond motifs is 1. The van der Waals surface area contributed by atoms with Crippen LogP contribution in [0.5, 0.6) is 0 Å². The first-order valence-electron chi connectivity index (χ1n) is 7.10. The number of thiazole rings is 1. The fraction of sp³-hybridized carbons (Fsp3) is 0.312. The number of benzene rings is 1. The lowest BCUT2D eigenvalue weighted by molar-refractivity contribution is -0.146. The van der Waals surface area contributed by atoms with Crippen molar-refractivity contribution in [3.63, 3.8) is 0 Å². The summed E-state index contributed by atoms with van der Waals surface area (Å²) in [5.74, 6) is -2.41. The molecule has 1 aliphatic rings. The third-order valence-electron chi connectivity index (χ3n) is 3.86. The predicted molar refractivity (Wildman–Crippen MR) is 86.0 cm³/mol. The Labute approximate surface area is 131 Å². The number of nitrogens with zero attached hydrogens (tertiary/aromatic N) is 1. The molecule has 0 aliphatic heterocycles. The number of aromatic nitrogens is 1. The molecule has 2 unspecified atom stereocenters. The van der Waals surface area contributed by atoms with Crippen molar-refractivity contribution in [3.8, 4) is 0 Å². The zero-order valence-corrected chi connectivity index (χ0v) is 12.9. The lowest BCUT2D eigenvalue weighted by Gasteiger charge is -2.23. The molecule has 2 aromatic rings. The lowest BCUT2D eigenvalue weighted by Crippen LogP contribution is -2.34. The van der Waals surface area contributed by atoms with Gasteiger partial charge in [-0.05, 0) is 37.5 Å². The number of hydrogen-bond donors (Lipinski definition) is 2. The molecule has 0 radical (unpaired) electrons. The highest BCUT2D eigenvalue weighted by Crippen LogP contribution is 2.30. The van der Waals surface area contributed by atoms with Crippen LogP contribution in [-0.2, 0) is 9.59 Å². The van der Waals surface area contributed by atoms with E-state index in [2.05, 4.69) is 10.3 Å². The molecular formula is C16H16N2O3S. The Hall–Kier alpha value is -2.21. The summed E-state index contributed by atoms with van der Waals surface area (Å²) in [5, 5.41) is 12.5. The van der Waals surface area contributed by atoms with E-state index in [4.69, 9.17) is 0 Å². The van der Waals surface area contributed by atoms with Crippen molar-refractivity contribution < 1.29 is 14.7 Å². The summed E-state index contributed by atoms with van der Waals surface area (Å²) >= 11 is 1.40. The first kappa shape index (κ1) is 14.7. The number of nitrogens with one attached hydrogen (secondary N) is 1. The quantitative estimate of drug-likeness (QED) is 0.852. The number of anilines is 1. The molecule has 114 valence electrons. The molecule has 0 spiro atoms. The molecular weight excluding hydrogens is 300 g/mol. The number of carboxylic acids is 1. The number of allylic oxidation sites excluding steroid dienone is 2. The predicted octanol–water partition coefficient (Wildman–Crippen LogP) is 3.21. The van der Waals surface area contributed by atoms with E-state index in [1.54, 1.807) is 0 Å². The molecule has 5 nitrogen and oxygen atoms in total. The van der Waals surface area contributed by atoms with Crippen LogP contribution in [0.15, 0.2) is 30.4 Å². The zero-order chi connectivity index (χ0) is 15.7. The highest BCUT2D eigenvalue weighted by atomic mass is 32.1. The van der Waals surface area contributed by atoms with Gasteiger partial charge in [0.05, 0.1) is 22.1 Å². The standard InChI is InChI=1S/C16H16N2O3S/c1-9-6-7-12-13(8-9)22-16(17-12)18-14(19)10-4-2-3-5-11(10)15(20)21/h2-3,6-8,10-11H,4-5H2,1H3,(H,20,21)(H,17,18,19). The topological polar surface area (TPSA) is 79.3 Å². The van der Waals surface area contributed by atoms with E-state index in [0.29, 0.717) is 18.0 Å². The van der Waals surface area contributed by atoms with Gasteiger partial charge in [0, 0.05) is 0 Å². The molecule has 2 N–H and O–H groups in total. The van der Waals surface area contributed by atoms with Gasteiger partial charge in [0.2, 0.25) is 5.91 Å². The van der Waals surface area contributed by atoms with Gasteiger partial charge in [-0.25, -0.2) is 4.98 Å². The molecule has 0 saturated carbocycles. The number of amides is 1. The van der Waals surface area contributed by atoms with Crippen LogP contribution in [0.1, 0.15) is 18.4 Å². The minimum Gasteiger partial charge on any atom is -0.481 e. The second-order valence-corrected chi connectivity index (χ2v) is 6.50. The number of hydrogen-bond acceptors (Lipinski definition) is 4. The molecule has 0 saturated heterocycles. The minimum absolute atomic E-state index is 0.271. The van der Waals surface area contributed by atoms with Crippen molar-refractivity contribution in [2.45, 2.75) is 19.8 Å². The Morgan fingerprint density at radius 3 is 2.73 bits per heavy atom. The Morgan fingerprint density at radius 1 is 1.27 bits per heavy atom. The van der Waals surface area contributed by atoms with Gasteiger partial charge in [-0.3, -0.25) is 9.59 Å². The third kappa shape index (κ3) is 2.87. The Bertz CT molecular complexity index is 766. The van der Waals surface area contributed by atoms with Crippen molar-refractivity contribution in [1.82, 2.24) is 4.98 Å². The third-order valence-corrected chi connectivity index (χ3v) is 4.79. The van der Waals surface area contributed by atoms with E-state index < -0.39 is 17.8 Å². The summed E-state index contributed by atoms with van der Waals surface area (Å²) in [5.41, 5.74) is 1.97. The van der Waals surface area contributed by atoms with Gasteiger partial charge in [-0.1, -0.05) is 29.6 Å². The first-order valence-corrected chi connectivity index (χ1v) is 7.92. The number of carboxylic acid groups (broad SMARTS) is 1. The molecule has 1 aromatic carbocycles. The second kappa shape index (κ2) is 5.88. The summed E-state index contributed by atoms with van der Waals surface area (Å²) < 4.78 is 1.01. The van der Waals surface area contributed by atoms with Gasteiger partial charge in [0.25, 0.3) is 0 Å². The van der Waals surface area contributed by atoms with E-state index in [9.17, 15) is 14.7 Å². The average Bonchev–Trinajstić information content (AvgIpc) is 2.88. The maximum atomic E-state index is 12.4. The smallest absolute Gasteiger partial charge is 0.307 e. The normalized spacial score (nSPS) is 21.0. The van der Waals surface area contributed by atoms with Crippen LogP contribution in [0, 0.1) is 18.8 Å². The first-order chi connectivity index (χ1) is 10.5. The molecule has 0 fully saturated rings. The van der Waals surface area contributed by atoms with Crippen LogP contribution in [0.25, 0.3) is 10.2 Å². The highest BCUT2D eigenvalue weighted by Gasteiger charge is 2.34. The van der Waals surface area contributed by atoms with Crippen molar-refractivity contribution in [1.29, 1.82) is 0 Å². The Kier molecular flexibility index (Phi) is 3.94. The number of aliphatic carboxylic acids is 1. The van der Waals surface area contributed by atoms with Crippen LogP contribution in [0.3, 0.4) is 0 Å². The van der Waals surface area contributed by atoms with Crippen LogP contribution >= 0.6 is 11.3 Å². The molecule has 1 aliphatic carbocycles. The zero-order valence-electron chi connectivity index (χ0n) is 12.1. The molecule has 6 heteroatoms. The molecule has 3 rings (SSSR count). The van der Waals surface area contributed by atoms with E-state index >= 15 is 0 Å². The van der Waals surface area contributed by atoms with E-state index in [-0.39, 0.29) is 5.91 Å². The SMILES string of the molecule is Cc1ccc2nc(NC(=O)C3CC=CCC3C(=O)O)sc2c1. The fourth-order valence-corrected chi connectivity index (χ4v) is 3.63. The molecule has 2 atom stereocenters. The van der Waals surface area contributed by atoms with Gasteiger partial charge < -0.3 is 10.4 Å². The van der Waals surface area contributed by atoms with E-state index in [0.717, 1.165) is 15.8 Å². The summed E-state index contributed by atoms with van der Waals surface area (Å²) in [6.07, 6.45) is 4.54. The summed E-state index contributed by atoms with van der Waals surface area (Å²) in [7, 11) is 0. The number of carbonyl (C=O) groups excluding carboxylic acids is 1. The minimum atomic E-state index is -0.926. The average molecular weight is 316 g/mol. The van der Waals surface area contributed by atoms with E-state index in [1.165, 1.54) is 11.3 Å². The van der Waals surface area contributed by atoms with Gasteiger partial charge in [0.15, 0.2) is 5.13 Å². The van der Waals surface area contributed by atoms with Gasteiger partial charge in [0.1, 0.15) is 0 Å². The largest absolute Gasteiger partial charge is 0.481 e. The van der Waals surface area contributed by atoms with Crippen molar-refractivity contribution in [3.05, 3.63) is 35.9 Å². The van der Waals surface area contributed by atoms with Gasteiger partial charge in [-0.2, -0.15) is 0 Å². The highest BCUT2D eigenvalue weighted by molar-refractivity contribution is 7.22. The van der Waals surface area contributed by atoms with Crippen molar-refractivity contribution >= 4 is 38.6 Å². The fourth-order valence-electron chi connectivity index (χ4n) is 2.66. The van der Waals surface area contributed by atoms with Crippen LogP contribution in [0.2, 0.25) is 0 Å². The Balaban J connectivity index is 1.80. The molecule has 22 heavy (non-hydrogen) atoms. The van der Waals surface area contributed by atoms with Crippen molar-refractivity contribution in [2.24, 2.45) is 11.8 Å². The number of rotatable bonds is 3. The number of aryl methyl sites for hydroxylation is 1. The second-order valence-electron chi connectivity index (χ2n) is 5.47. The van der Waals surface area contributed by atoms with Crippen LogP contribution in [-0.4, -0.2) is 22.0 Å². The van der Waals surface area contributed by atoms with Crippen LogP contribution in [0.4, 0.5) is 5.13 Å². The van der Waals surface area contributed by atoms with Gasteiger partial charge in [-0.15, -0.1) is 0 Å². The van der Waals surface area contributed by atoms with E-state index in [1.807, 2.05) is 37.3 Å².